The highest BCUT2D eigenvalue weighted by Gasteiger charge is 2.19. The molecular formula is C51H90O6. The van der Waals surface area contributed by atoms with Crippen molar-refractivity contribution in [2.24, 2.45) is 0 Å². The Kier molecular flexibility index (Phi) is 43.9. The van der Waals surface area contributed by atoms with E-state index >= 15 is 0 Å². The van der Waals surface area contributed by atoms with E-state index in [2.05, 4.69) is 69.4 Å². The van der Waals surface area contributed by atoms with Gasteiger partial charge in [-0.15, -0.1) is 0 Å². The molecule has 6 heteroatoms. The summed E-state index contributed by atoms with van der Waals surface area (Å²) in [4.78, 5) is 37.8. The predicted molar refractivity (Wildman–Crippen MR) is 242 cm³/mol. The lowest BCUT2D eigenvalue weighted by Gasteiger charge is -2.18. The van der Waals surface area contributed by atoms with E-state index in [1.807, 2.05) is 0 Å². The van der Waals surface area contributed by atoms with Crippen molar-refractivity contribution < 1.29 is 28.6 Å². The Labute approximate surface area is 352 Å². The molecule has 0 bridgehead atoms. The van der Waals surface area contributed by atoms with Gasteiger partial charge in [0.2, 0.25) is 0 Å². The number of hydrogen-bond donors (Lipinski definition) is 0. The van der Waals surface area contributed by atoms with Crippen molar-refractivity contribution in [3.8, 4) is 0 Å². The Morgan fingerprint density at radius 2 is 0.632 bits per heavy atom. The number of hydrogen-bond acceptors (Lipinski definition) is 6. The molecule has 0 saturated heterocycles. The number of rotatable bonds is 43. The molecule has 6 nitrogen and oxygen atoms in total. The van der Waals surface area contributed by atoms with Crippen LogP contribution in [0.25, 0.3) is 0 Å². The van der Waals surface area contributed by atoms with Gasteiger partial charge in [0.1, 0.15) is 13.2 Å². The van der Waals surface area contributed by atoms with Gasteiger partial charge in [-0.3, -0.25) is 14.4 Å². The first-order valence-electron chi connectivity index (χ1n) is 24.2. The molecule has 0 amide bonds. The molecule has 1 unspecified atom stereocenters. The molecule has 0 aliphatic carbocycles. The van der Waals surface area contributed by atoms with Gasteiger partial charge in [-0.05, 0) is 44.9 Å². The van der Waals surface area contributed by atoms with Crippen LogP contribution in [-0.2, 0) is 28.6 Å². The summed E-state index contributed by atoms with van der Waals surface area (Å²) in [5.74, 6) is -0.900. The number of esters is 3. The molecule has 0 aromatic heterocycles. The monoisotopic (exact) mass is 799 g/mol. The fourth-order valence-corrected chi connectivity index (χ4v) is 6.75. The van der Waals surface area contributed by atoms with Crippen molar-refractivity contribution in [1.29, 1.82) is 0 Å². The normalized spacial score (nSPS) is 12.4. The first-order chi connectivity index (χ1) is 28.0. The summed E-state index contributed by atoms with van der Waals surface area (Å²) in [5.41, 5.74) is 0. The second-order valence-electron chi connectivity index (χ2n) is 16.1. The molecule has 0 aliphatic heterocycles. The van der Waals surface area contributed by atoms with Gasteiger partial charge in [0, 0.05) is 19.3 Å². The third-order valence-corrected chi connectivity index (χ3v) is 10.4. The highest BCUT2D eigenvalue weighted by molar-refractivity contribution is 5.71. The van der Waals surface area contributed by atoms with Crippen LogP contribution in [0.15, 0.2) is 48.6 Å². The molecular weight excluding hydrogens is 709 g/mol. The lowest BCUT2D eigenvalue weighted by Crippen LogP contribution is -2.30. The number of allylic oxidation sites excluding steroid dienone is 8. The average molecular weight is 799 g/mol. The fraction of sp³-hybridized carbons (Fsp3) is 0.784. The van der Waals surface area contributed by atoms with Crippen molar-refractivity contribution in [2.75, 3.05) is 13.2 Å². The minimum Gasteiger partial charge on any atom is -0.462 e. The summed E-state index contributed by atoms with van der Waals surface area (Å²) in [6, 6.07) is 0. The van der Waals surface area contributed by atoms with E-state index in [1.54, 1.807) is 0 Å². The number of carbonyl (C=O) groups excluding carboxylic acids is 3. The van der Waals surface area contributed by atoms with Gasteiger partial charge in [0.25, 0.3) is 0 Å². The molecule has 0 aromatic rings. The maximum atomic E-state index is 12.7. The van der Waals surface area contributed by atoms with Crippen LogP contribution in [0.1, 0.15) is 239 Å². The maximum absolute atomic E-state index is 12.7. The van der Waals surface area contributed by atoms with E-state index in [4.69, 9.17) is 14.2 Å². The molecule has 0 aromatic carbocycles. The summed E-state index contributed by atoms with van der Waals surface area (Å²) in [7, 11) is 0. The minimum atomic E-state index is -0.776. The van der Waals surface area contributed by atoms with E-state index in [9.17, 15) is 14.4 Å². The SMILES string of the molecule is CCCCC\C=C/C=C\C=C/C=C\CCCCCCCC(=O)OCC(COC(=O)CCCCCCCCCCCC)OC(=O)CCCCCCCCCCCCC. The molecule has 0 aliphatic rings. The Morgan fingerprint density at radius 3 is 1.02 bits per heavy atom. The summed E-state index contributed by atoms with van der Waals surface area (Å²) in [5, 5.41) is 0. The lowest BCUT2D eigenvalue weighted by molar-refractivity contribution is -0.167. The smallest absolute Gasteiger partial charge is 0.306 e. The van der Waals surface area contributed by atoms with Crippen molar-refractivity contribution in [1.82, 2.24) is 0 Å². The number of carbonyl (C=O) groups is 3. The lowest BCUT2D eigenvalue weighted by atomic mass is 10.1. The fourth-order valence-electron chi connectivity index (χ4n) is 6.75. The van der Waals surface area contributed by atoms with Crippen molar-refractivity contribution in [3.05, 3.63) is 48.6 Å². The van der Waals surface area contributed by atoms with Crippen LogP contribution < -0.4 is 0 Å². The van der Waals surface area contributed by atoms with Crippen LogP contribution >= 0.6 is 0 Å². The third kappa shape index (κ3) is 44.3. The highest BCUT2D eigenvalue weighted by atomic mass is 16.6. The third-order valence-electron chi connectivity index (χ3n) is 10.4. The van der Waals surface area contributed by atoms with Crippen LogP contribution in [0.4, 0.5) is 0 Å². The number of ether oxygens (including phenoxy) is 3. The summed E-state index contributed by atoms with van der Waals surface area (Å²) in [6.45, 7) is 6.56. The van der Waals surface area contributed by atoms with E-state index in [0.29, 0.717) is 19.3 Å². The molecule has 330 valence electrons. The molecule has 0 rings (SSSR count). The molecule has 0 spiro atoms. The molecule has 0 saturated carbocycles. The zero-order chi connectivity index (χ0) is 41.5. The van der Waals surface area contributed by atoms with Crippen LogP contribution in [-0.4, -0.2) is 37.2 Å². The molecule has 0 fully saturated rings. The first-order valence-corrected chi connectivity index (χ1v) is 24.2. The standard InChI is InChI=1S/C51H90O6/c1-4-7-10-13-16-19-22-23-24-25-26-27-28-30-32-35-38-41-44-50(53)56-47-48(46-55-49(52)43-40-37-34-31-21-18-15-12-9-6-3)57-51(54)45-42-39-36-33-29-20-17-14-11-8-5-2/h16,19,22-27,48H,4-15,17-18,20-21,28-47H2,1-3H3/b19-16-,23-22-,25-24-,27-26-. The number of unbranched alkanes of at least 4 members (excludes halogenated alkanes) is 27. The Bertz CT molecular complexity index is 1010. The van der Waals surface area contributed by atoms with Gasteiger partial charge < -0.3 is 14.2 Å². The predicted octanol–water partition coefficient (Wildman–Crippen LogP) is 15.5. The highest BCUT2D eigenvalue weighted by Crippen LogP contribution is 2.15. The van der Waals surface area contributed by atoms with Gasteiger partial charge in [0.05, 0.1) is 0 Å². The zero-order valence-electron chi connectivity index (χ0n) is 37.6. The van der Waals surface area contributed by atoms with Gasteiger partial charge in [-0.2, -0.15) is 0 Å². The molecule has 1 atom stereocenters. The molecule has 0 heterocycles. The van der Waals surface area contributed by atoms with E-state index in [1.165, 1.54) is 116 Å². The van der Waals surface area contributed by atoms with E-state index < -0.39 is 6.10 Å². The van der Waals surface area contributed by atoms with Crippen molar-refractivity contribution in [2.45, 2.75) is 245 Å². The molecule has 0 radical (unpaired) electrons. The first kappa shape index (κ1) is 54.4. The molecule has 57 heavy (non-hydrogen) atoms. The van der Waals surface area contributed by atoms with Crippen molar-refractivity contribution >= 4 is 17.9 Å². The van der Waals surface area contributed by atoms with Gasteiger partial charge in [-0.25, -0.2) is 0 Å². The quantitative estimate of drug-likeness (QED) is 0.0265. The van der Waals surface area contributed by atoms with E-state index in [0.717, 1.165) is 83.5 Å². The van der Waals surface area contributed by atoms with Crippen LogP contribution in [0.2, 0.25) is 0 Å². The van der Waals surface area contributed by atoms with Gasteiger partial charge in [-0.1, -0.05) is 223 Å². The second-order valence-corrected chi connectivity index (χ2v) is 16.1. The van der Waals surface area contributed by atoms with Crippen LogP contribution in [0.5, 0.6) is 0 Å². The maximum Gasteiger partial charge on any atom is 0.306 e. The van der Waals surface area contributed by atoms with E-state index in [-0.39, 0.29) is 31.1 Å². The average Bonchev–Trinajstić information content (AvgIpc) is 3.21. The van der Waals surface area contributed by atoms with Crippen LogP contribution in [0, 0.1) is 0 Å². The summed E-state index contributed by atoms with van der Waals surface area (Å²) >= 11 is 0. The van der Waals surface area contributed by atoms with Gasteiger partial charge in [0.15, 0.2) is 6.10 Å². The minimum absolute atomic E-state index is 0.0780. The second kappa shape index (κ2) is 46.1. The summed E-state index contributed by atoms with van der Waals surface area (Å²) in [6.07, 6.45) is 53.7. The molecule has 0 N–H and O–H groups in total. The summed E-state index contributed by atoms with van der Waals surface area (Å²) < 4.78 is 16.7. The zero-order valence-corrected chi connectivity index (χ0v) is 37.6. The van der Waals surface area contributed by atoms with Crippen molar-refractivity contribution in [3.63, 3.8) is 0 Å². The van der Waals surface area contributed by atoms with Gasteiger partial charge >= 0.3 is 17.9 Å². The Hall–Kier alpha value is -2.63. The Morgan fingerprint density at radius 1 is 0.351 bits per heavy atom. The Balaban J connectivity index is 4.37. The topological polar surface area (TPSA) is 78.9 Å². The van der Waals surface area contributed by atoms with Crippen LogP contribution in [0.3, 0.4) is 0 Å². The largest absolute Gasteiger partial charge is 0.462 e.